The molecule has 4 N–H and O–H groups in total. The van der Waals surface area contributed by atoms with Crippen LogP contribution in [-0.2, 0) is 20.7 Å². The average Bonchev–Trinajstić information content (AvgIpc) is 1.81. The lowest BCUT2D eigenvalue weighted by Crippen LogP contribution is -2.11. The van der Waals surface area contributed by atoms with Crippen LogP contribution >= 0.6 is 0 Å². The fraction of sp³-hybridized carbons (Fsp3) is 0. The van der Waals surface area contributed by atoms with E-state index in [2.05, 4.69) is 0 Å². The third kappa shape index (κ3) is 59.6. The van der Waals surface area contributed by atoms with Crippen molar-refractivity contribution in [3.05, 3.63) is 0 Å². The number of hydrogen-bond donors (Lipinski definition) is 4. The van der Waals surface area contributed by atoms with Crippen LogP contribution in [0.15, 0.2) is 0 Å². The van der Waals surface area contributed by atoms with Crippen LogP contribution in [-0.4, -0.2) is 35.2 Å². The van der Waals surface area contributed by atoms with Gasteiger partial charge in [0.1, 0.15) is 0 Å². The highest BCUT2D eigenvalue weighted by Crippen LogP contribution is 1.94. The van der Waals surface area contributed by atoms with Gasteiger partial charge in [0, 0.05) is 5.76 Å². The minimum Gasteiger partial charge on any atom is -0.270 e. The minimum absolute atomic E-state index is 0.250. The van der Waals surface area contributed by atoms with Gasteiger partial charge in [0.05, 0.1) is 0 Å². The van der Waals surface area contributed by atoms with Gasteiger partial charge >= 0.3 is 20.7 Å². The maximum Gasteiger partial charge on any atom is 0.394 e. The minimum atomic E-state index is -5.24. The smallest absolute Gasteiger partial charge is 0.270 e. The van der Waals surface area contributed by atoms with Crippen LogP contribution in [0.1, 0.15) is 0 Å². The molecule has 0 aliphatic carbocycles. The van der Waals surface area contributed by atoms with Crippen molar-refractivity contribution in [2.24, 2.45) is 0 Å². The summed E-state index contributed by atoms with van der Waals surface area (Å²) in [5.41, 5.74) is 0. The Labute approximate surface area is 80.5 Å². The molecular weight excluding hydrogens is 280 g/mol. The summed E-state index contributed by atoms with van der Waals surface area (Å²) >= 11 is 0. The Morgan fingerprint density at radius 2 is 1.00 bits per heavy atom. The Kier molecular flexibility index (Phi) is 11.6. The van der Waals surface area contributed by atoms with Gasteiger partial charge in [-0.1, -0.05) is 8.96 Å². The van der Waals surface area contributed by atoms with E-state index in [0.717, 1.165) is 0 Å². The molecule has 0 spiro atoms. The van der Waals surface area contributed by atoms with E-state index in [4.69, 9.17) is 30.5 Å². The third-order valence-electron chi connectivity index (χ3n) is 0.174. The van der Waals surface area contributed by atoms with Crippen molar-refractivity contribution < 1.29 is 48.4 Å². The van der Waals surface area contributed by atoms with Crippen molar-refractivity contribution in [3.63, 3.8) is 0 Å². The molecular formula is H4F4N2O7S2. The molecule has 0 fully saturated rings. The van der Waals surface area contributed by atoms with Gasteiger partial charge in [-0.3, -0.25) is 13.7 Å². The first-order valence-corrected chi connectivity index (χ1v) is 4.91. The second kappa shape index (κ2) is 8.71. The van der Waals surface area contributed by atoms with Crippen LogP contribution in [0.2, 0.25) is 0 Å². The van der Waals surface area contributed by atoms with Crippen LogP contribution < -0.4 is 5.76 Å². The summed E-state index contributed by atoms with van der Waals surface area (Å²) in [7, 11) is -9.91. The largest absolute Gasteiger partial charge is 0.394 e. The molecule has 0 aliphatic heterocycles. The van der Waals surface area contributed by atoms with E-state index in [9.17, 15) is 17.9 Å². The maximum absolute atomic E-state index is 10.5. The Morgan fingerprint density at radius 3 is 1.00 bits per heavy atom. The summed E-state index contributed by atoms with van der Waals surface area (Å²) in [5.74, 6) is -0.250. The van der Waals surface area contributed by atoms with E-state index in [-0.39, 0.29) is 5.76 Å². The molecule has 0 unspecified atom stereocenters. The lowest BCUT2D eigenvalue weighted by Gasteiger charge is -1.88. The second-order valence-electron chi connectivity index (χ2n) is 1.17. The molecule has 0 aromatic rings. The van der Waals surface area contributed by atoms with E-state index >= 15 is 0 Å². The summed E-state index contributed by atoms with van der Waals surface area (Å²) in [6.07, 6.45) is 0. The molecule has 0 saturated carbocycles. The van der Waals surface area contributed by atoms with Gasteiger partial charge < -0.3 is 0 Å². The van der Waals surface area contributed by atoms with Crippen LogP contribution in [0.5, 0.6) is 0 Å². The number of hydrogen-bond acceptors (Lipinski definition) is 5. The van der Waals surface area contributed by atoms with Crippen molar-refractivity contribution in [3.8, 4) is 0 Å². The van der Waals surface area contributed by atoms with Crippen LogP contribution in [0.3, 0.4) is 0 Å². The molecule has 0 aromatic carbocycles. The number of halogens is 4. The first-order valence-electron chi connectivity index (χ1n) is 2.11. The lowest BCUT2D eigenvalue weighted by molar-refractivity contribution is -0.0630. The van der Waals surface area contributed by atoms with Gasteiger partial charge in [0.15, 0.2) is 4.75 Å². The average molecular weight is 284 g/mol. The van der Waals surface area contributed by atoms with E-state index in [1.807, 2.05) is 0 Å². The third-order valence-corrected chi connectivity index (χ3v) is 0.523. The number of nitrogens with one attached hydrogen (secondary N) is 1. The molecule has 15 heavy (non-hydrogen) atoms. The van der Waals surface area contributed by atoms with Crippen LogP contribution in [0, 0.1) is 0 Å². The highest BCUT2D eigenvalue weighted by Gasteiger charge is 2.15. The fourth-order valence-corrected chi connectivity index (χ4v) is 0. The summed E-state index contributed by atoms with van der Waals surface area (Å²) in [4.78, 5) is 0. The second-order valence-corrected chi connectivity index (χ2v) is 3.24. The molecule has 0 saturated heterocycles. The van der Waals surface area contributed by atoms with Gasteiger partial charge in [0.25, 0.3) is 0 Å². The molecule has 0 aliphatic rings. The molecule has 0 aromatic heterocycles. The molecule has 0 bridgehead atoms. The van der Waals surface area contributed by atoms with Crippen LogP contribution in [0.25, 0.3) is 0 Å². The van der Waals surface area contributed by atoms with Gasteiger partial charge in [-0.15, -0.1) is 8.96 Å². The van der Waals surface area contributed by atoms with Gasteiger partial charge in [-0.05, 0) is 0 Å². The molecule has 0 heterocycles. The molecule has 0 rings (SSSR count). The normalized spacial score (nSPS) is 10.9. The molecule has 0 atom stereocenters. The van der Waals surface area contributed by atoms with E-state index in [1.165, 1.54) is 0 Å². The first kappa shape index (κ1) is 19.9. The predicted octanol–water partition coefficient (Wildman–Crippen LogP) is -0.448. The SMILES string of the molecule is FNF.O=S(=O)(O)N(F)F.O=S(=O)(O)O. The highest BCUT2D eigenvalue weighted by molar-refractivity contribution is 7.83. The van der Waals surface area contributed by atoms with E-state index < -0.39 is 25.5 Å². The molecule has 96 valence electrons. The summed E-state index contributed by atoms with van der Waals surface area (Å²) in [6.45, 7) is 0. The fourth-order valence-electron chi connectivity index (χ4n) is 0. The zero-order valence-electron chi connectivity index (χ0n) is 6.25. The van der Waals surface area contributed by atoms with Gasteiger partial charge in [-0.2, -0.15) is 16.8 Å². The van der Waals surface area contributed by atoms with E-state index in [0.29, 0.717) is 0 Å². The van der Waals surface area contributed by atoms with Gasteiger partial charge in [-0.25, -0.2) is 0 Å². The highest BCUT2D eigenvalue weighted by atomic mass is 32.3. The predicted molar refractivity (Wildman–Crippen MR) is 35.1 cm³/mol. The topological polar surface area (TPSA) is 144 Å². The van der Waals surface area contributed by atoms with Crippen LogP contribution in [0.4, 0.5) is 17.9 Å². The van der Waals surface area contributed by atoms with Crippen molar-refractivity contribution >= 4 is 20.7 Å². The Hall–Kier alpha value is -0.580. The number of rotatable bonds is 1. The number of nitrogens with zero attached hydrogens (tertiary/aromatic N) is 1. The Bertz CT molecular complexity index is 311. The molecule has 15 heteroatoms. The quantitative estimate of drug-likeness (QED) is 0.288. The van der Waals surface area contributed by atoms with Crippen molar-refractivity contribution in [2.45, 2.75) is 0 Å². The standard InChI is InChI=1S/F2HNO3S.F2HN.H2O4S/c1-3(2)7(4,5)6;1-3-2;1-5(2,3)4/h(H,4,5,6);3H;(H2,1,2,3,4). The maximum atomic E-state index is 10.5. The molecule has 9 nitrogen and oxygen atoms in total. The summed E-state index contributed by atoms with van der Waals surface area (Å²) < 4.78 is 94.5. The Morgan fingerprint density at radius 1 is 0.933 bits per heavy atom. The lowest BCUT2D eigenvalue weighted by atomic mass is 13.6. The first-order chi connectivity index (χ1) is 6.36. The Balaban J connectivity index is -0.000000158. The molecule has 0 radical (unpaired) electrons. The van der Waals surface area contributed by atoms with Crippen molar-refractivity contribution in [2.75, 3.05) is 0 Å². The van der Waals surface area contributed by atoms with Crippen molar-refractivity contribution in [1.29, 1.82) is 0 Å². The molecule has 0 amide bonds. The monoisotopic (exact) mass is 284 g/mol. The van der Waals surface area contributed by atoms with Crippen molar-refractivity contribution in [1.82, 2.24) is 10.5 Å². The zero-order chi connectivity index (χ0) is 13.3. The van der Waals surface area contributed by atoms with E-state index in [1.54, 1.807) is 0 Å². The van der Waals surface area contributed by atoms with Gasteiger partial charge in [0.2, 0.25) is 0 Å². The summed E-state index contributed by atoms with van der Waals surface area (Å²) in [5, 5.41) is 0. The summed E-state index contributed by atoms with van der Waals surface area (Å²) in [6, 6.07) is 0. The zero-order valence-corrected chi connectivity index (χ0v) is 7.88.